The summed E-state index contributed by atoms with van der Waals surface area (Å²) < 4.78 is 26.0. The van der Waals surface area contributed by atoms with Gasteiger partial charge in [-0.3, -0.25) is 4.79 Å². The summed E-state index contributed by atoms with van der Waals surface area (Å²) in [5.41, 5.74) is -0.950. The average molecular weight is 206 g/mol. The van der Waals surface area contributed by atoms with E-state index in [1.165, 1.54) is 0 Å². The van der Waals surface area contributed by atoms with Crippen molar-refractivity contribution in [2.24, 2.45) is 0 Å². The Hall–Kier alpha value is -0.620. The van der Waals surface area contributed by atoms with Gasteiger partial charge >= 0.3 is 10.2 Å². The van der Waals surface area contributed by atoms with E-state index in [4.69, 9.17) is 0 Å². The molecule has 1 saturated heterocycles. The molecule has 1 heterocycles. The van der Waals surface area contributed by atoms with Crippen LogP contribution < -0.4 is 4.72 Å². The predicted octanol–water partition coefficient (Wildman–Crippen LogP) is -0.148. The van der Waals surface area contributed by atoms with Crippen LogP contribution in [0.2, 0.25) is 0 Å². The van der Waals surface area contributed by atoms with Crippen molar-refractivity contribution in [1.29, 1.82) is 0 Å². The molecule has 0 bridgehead atoms. The average Bonchev–Trinajstić information content (AvgIpc) is 2.20. The Morgan fingerprint density at radius 2 is 2.00 bits per heavy atom. The van der Waals surface area contributed by atoms with Crippen molar-refractivity contribution in [2.45, 2.75) is 32.7 Å². The van der Waals surface area contributed by atoms with E-state index in [1.54, 1.807) is 20.8 Å². The van der Waals surface area contributed by atoms with Crippen LogP contribution in [-0.2, 0) is 15.0 Å². The summed E-state index contributed by atoms with van der Waals surface area (Å²) in [6.07, 6.45) is 0.460. The van der Waals surface area contributed by atoms with Gasteiger partial charge in [0.2, 0.25) is 0 Å². The summed E-state index contributed by atoms with van der Waals surface area (Å²) >= 11 is 0. The summed E-state index contributed by atoms with van der Waals surface area (Å²) in [6.45, 7) is 5.20. The van der Waals surface area contributed by atoms with Crippen LogP contribution in [0, 0.1) is 0 Å². The molecule has 13 heavy (non-hydrogen) atoms. The fourth-order valence-corrected chi connectivity index (χ4v) is 2.98. The third-order valence-electron chi connectivity index (χ3n) is 2.34. The van der Waals surface area contributed by atoms with Gasteiger partial charge in [0.25, 0.3) is 5.91 Å². The number of likely N-dealkylation sites (N-methyl/N-ethyl adjacent to an activating group) is 1. The lowest BCUT2D eigenvalue weighted by molar-refractivity contribution is -0.130. The molecule has 0 aromatic carbocycles. The smallest absolute Gasteiger partial charge is 0.272 e. The maximum Gasteiger partial charge on any atom is 0.304 e. The van der Waals surface area contributed by atoms with Gasteiger partial charge in [0, 0.05) is 6.54 Å². The van der Waals surface area contributed by atoms with Gasteiger partial charge in [-0.05, 0) is 20.3 Å². The molecule has 1 N–H and O–H groups in total. The molecular formula is C7H14N2O3S. The molecule has 0 aliphatic carbocycles. The molecule has 0 radical (unpaired) electrons. The third kappa shape index (κ3) is 1.44. The molecular weight excluding hydrogens is 192 g/mol. The second kappa shape index (κ2) is 2.95. The minimum Gasteiger partial charge on any atom is -0.272 e. The molecule has 1 fully saturated rings. The Morgan fingerprint density at radius 1 is 1.46 bits per heavy atom. The number of nitrogens with one attached hydrogen (secondary N) is 1. The summed E-state index contributed by atoms with van der Waals surface area (Å²) in [4.78, 5) is 11.6. The number of nitrogens with zero attached hydrogens (tertiary/aromatic N) is 1. The largest absolute Gasteiger partial charge is 0.304 e. The van der Waals surface area contributed by atoms with Crippen molar-refractivity contribution in [2.75, 3.05) is 6.54 Å². The number of hydrogen-bond donors (Lipinski definition) is 1. The number of rotatable bonds is 2. The van der Waals surface area contributed by atoms with Crippen LogP contribution in [0.3, 0.4) is 0 Å². The molecule has 0 saturated carbocycles. The minimum absolute atomic E-state index is 0.184. The highest BCUT2D eigenvalue weighted by Crippen LogP contribution is 2.23. The first-order chi connectivity index (χ1) is 5.87. The van der Waals surface area contributed by atoms with Gasteiger partial charge in [-0.25, -0.2) is 4.31 Å². The van der Waals surface area contributed by atoms with Crippen molar-refractivity contribution >= 4 is 16.1 Å². The number of amides is 1. The van der Waals surface area contributed by atoms with Crippen molar-refractivity contribution in [1.82, 2.24) is 9.03 Å². The standard InChI is InChI=1S/C7H14N2O3S/c1-4-7(3)6(10)9(5-2)13(11,12)8-7/h8H,4-5H2,1-3H3. The Balaban J connectivity index is 3.12. The monoisotopic (exact) mass is 206 g/mol. The third-order valence-corrected chi connectivity index (χ3v) is 4.05. The lowest BCUT2D eigenvalue weighted by Gasteiger charge is -2.16. The number of carbonyl (C=O) groups is 1. The topological polar surface area (TPSA) is 66.5 Å². The zero-order valence-corrected chi connectivity index (χ0v) is 8.81. The van der Waals surface area contributed by atoms with Crippen molar-refractivity contribution < 1.29 is 13.2 Å². The highest BCUT2D eigenvalue weighted by atomic mass is 32.2. The van der Waals surface area contributed by atoms with E-state index >= 15 is 0 Å². The van der Waals surface area contributed by atoms with Crippen LogP contribution >= 0.6 is 0 Å². The molecule has 6 heteroatoms. The molecule has 0 spiro atoms. The lowest BCUT2D eigenvalue weighted by atomic mass is 10.00. The fourth-order valence-electron chi connectivity index (χ4n) is 1.30. The van der Waals surface area contributed by atoms with Crippen LogP contribution in [0.25, 0.3) is 0 Å². The first kappa shape index (κ1) is 10.5. The molecule has 0 aromatic rings. The summed E-state index contributed by atoms with van der Waals surface area (Å²) in [7, 11) is -3.57. The second-order valence-electron chi connectivity index (χ2n) is 3.26. The molecule has 5 nitrogen and oxygen atoms in total. The molecule has 1 atom stereocenters. The van der Waals surface area contributed by atoms with E-state index in [-0.39, 0.29) is 12.5 Å². The second-order valence-corrected chi connectivity index (χ2v) is 4.86. The van der Waals surface area contributed by atoms with Crippen LogP contribution in [0.15, 0.2) is 0 Å². The van der Waals surface area contributed by atoms with Gasteiger partial charge in [-0.15, -0.1) is 0 Å². The van der Waals surface area contributed by atoms with E-state index in [0.29, 0.717) is 6.42 Å². The van der Waals surface area contributed by atoms with Crippen LogP contribution in [0.5, 0.6) is 0 Å². The molecule has 1 amide bonds. The molecule has 1 unspecified atom stereocenters. The van der Waals surface area contributed by atoms with Crippen molar-refractivity contribution in [3.8, 4) is 0 Å². The molecule has 1 aliphatic heterocycles. The Morgan fingerprint density at radius 3 is 2.23 bits per heavy atom. The fraction of sp³-hybridized carbons (Fsp3) is 0.857. The van der Waals surface area contributed by atoms with Crippen molar-refractivity contribution in [3.63, 3.8) is 0 Å². The number of hydrogen-bond acceptors (Lipinski definition) is 3. The van der Waals surface area contributed by atoms with E-state index in [2.05, 4.69) is 4.72 Å². The SMILES string of the molecule is CCN1C(=O)C(C)(CC)NS1(=O)=O. The van der Waals surface area contributed by atoms with Gasteiger partial charge in [0.15, 0.2) is 0 Å². The van der Waals surface area contributed by atoms with E-state index in [1.807, 2.05) is 0 Å². The zero-order valence-electron chi connectivity index (χ0n) is 7.99. The quantitative estimate of drug-likeness (QED) is 0.683. The zero-order chi connectivity index (χ0) is 10.3. The molecule has 1 aliphatic rings. The maximum atomic E-state index is 11.6. The highest BCUT2D eigenvalue weighted by Gasteiger charge is 2.49. The van der Waals surface area contributed by atoms with E-state index in [9.17, 15) is 13.2 Å². The van der Waals surface area contributed by atoms with Gasteiger partial charge in [-0.1, -0.05) is 6.92 Å². The maximum absolute atomic E-state index is 11.6. The minimum atomic E-state index is -3.57. The van der Waals surface area contributed by atoms with E-state index < -0.39 is 15.7 Å². The first-order valence-electron chi connectivity index (χ1n) is 4.23. The van der Waals surface area contributed by atoms with E-state index in [0.717, 1.165) is 4.31 Å². The van der Waals surface area contributed by atoms with Gasteiger partial charge in [-0.2, -0.15) is 13.1 Å². The normalized spacial score (nSPS) is 32.5. The van der Waals surface area contributed by atoms with Crippen LogP contribution in [0.1, 0.15) is 27.2 Å². The summed E-state index contributed by atoms with van der Waals surface area (Å²) in [6, 6.07) is 0. The summed E-state index contributed by atoms with van der Waals surface area (Å²) in [5.74, 6) is -0.363. The first-order valence-corrected chi connectivity index (χ1v) is 5.67. The predicted molar refractivity (Wildman–Crippen MR) is 48.1 cm³/mol. The van der Waals surface area contributed by atoms with Crippen LogP contribution in [0.4, 0.5) is 0 Å². The van der Waals surface area contributed by atoms with Gasteiger partial charge < -0.3 is 0 Å². The lowest BCUT2D eigenvalue weighted by Crippen LogP contribution is -2.43. The Labute approximate surface area is 78.3 Å². The number of carbonyl (C=O) groups excluding carboxylic acids is 1. The highest BCUT2D eigenvalue weighted by molar-refractivity contribution is 7.88. The van der Waals surface area contributed by atoms with Crippen molar-refractivity contribution in [3.05, 3.63) is 0 Å². The molecule has 1 rings (SSSR count). The summed E-state index contributed by atoms with van der Waals surface area (Å²) in [5, 5.41) is 0. The Kier molecular flexibility index (Phi) is 2.38. The van der Waals surface area contributed by atoms with Gasteiger partial charge in [0.05, 0.1) is 0 Å². The van der Waals surface area contributed by atoms with Crippen LogP contribution in [-0.4, -0.2) is 30.7 Å². The molecule has 0 aromatic heterocycles. The molecule has 76 valence electrons. The van der Waals surface area contributed by atoms with Gasteiger partial charge in [0.1, 0.15) is 5.54 Å². The Bertz CT molecular complexity index is 325.